The summed E-state index contributed by atoms with van der Waals surface area (Å²) in [7, 11) is 4.02. The smallest absolute Gasteiger partial charge is 0.0571 e. The van der Waals surface area contributed by atoms with E-state index in [1.807, 2.05) is 13.2 Å². The second kappa shape index (κ2) is 8.06. The zero-order chi connectivity index (χ0) is 13.4. The molecule has 0 aliphatic carbocycles. The maximum atomic E-state index is 8.72. The number of aliphatic hydroxyl groups is 1. The summed E-state index contributed by atoms with van der Waals surface area (Å²) in [6.07, 6.45) is 4.99. The number of pyridine rings is 1. The predicted molar refractivity (Wildman–Crippen MR) is 75.9 cm³/mol. The topological polar surface area (TPSA) is 48.4 Å². The first kappa shape index (κ1) is 14.9. The standard InChI is InChI=1S/C14H25N3O/c1-12(15-2)14-8-7-13(11-16-14)17(3)9-5-4-6-10-18/h7-8,11-12,15,18H,4-6,9-10H2,1-3H3. The summed E-state index contributed by atoms with van der Waals surface area (Å²) in [4.78, 5) is 6.68. The van der Waals surface area contributed by atoms with Crippen LogP contribution in [-0.4, -0.2) is 37.3 Å². The maximum absolute atomic E-state index is 8.72. The van der Waals surface area contributed by atoms with E-state index in [1.165, 1.54) is 0 Å². The lowest BCUT2D eigenvalue weighted by molar-refractivity contribution is 0.283. The average molecular weight is 251 g/mol. The normalized spacial score (nSPS) is 12.4. The Hall–Kier alpha value is -1.13. The predicted octanol–water partition coefficient (Wildman–Crippen LogP) is 1.96. The number of hydrogen-bond acceptors (Lipinski definition) is 4. The lowest BCUT2D eigenvalue weighted by Crippen LogP contribution is -2.19. The minimum atomic E-state index is 0.286. The molecular weight excluding hydrogens is 226 g/mol. The fourth-order valence-electron chi connectivity index (χ4n) is 1.79. The van der Waals surface area contributed by atoms with Crippen LogP contribution in [0.25, 0.3) is 0 Å². The maximum Gasteiger partial charge on any atom is 0.0571 e. The van der Waals surface area contributed by atoms with E-state index in [9.17, 15) is 0 Å². The molecular formula is C14H25N3O. The summed E-state index contributed by atoms with van der Waals surface area (Å²) in [5, 5.41) is 11.9. The molecule has 0 saturated heterocycles. The lowest BCUT2D eigenvalue weighted by atomic mass is 10.2. The third-order valence-corrected chi connectivity index (χ3v) is 3.24. The first-order valence-corrected chi connectivity index (χ1v) is 6.64. The van der Waals surface area contributed by atoms with E-state index in [4.69, 9.17) is 5.11 Å². The van der Waals surface area contributed by atoms with Crippen LogP contribution in [0.5, 0.6) is 0 Å². The van der Waals surface area contributed by atoms with Crippen LogP contribution in [0.2, 0.25) is 0 Å². The van der Waals surface area contributed by atoms with Gasteiger partial charge in [-0.1, -0.05) is 0 Å². The monoisotopic (exact) mass is 251 g/mol. The third-order valence-electron chi connectivity index (χ3n) is 3.24. The Balaban J connectivity index is 2.46. The van der Waals surface area contributed by atoms with Gasteiger partial charge in [-0.25, -0.2) is 0 Å². The van der Waals surface area contributed by atoms with E-state index in [1.54, 1.807) is 0 Å². The fraction of sp³-hybridized carbons (Fsp3) is 0.643. The van der Waals surface area contributed by atoms with Crippen molar-refractivity contribution in [2.24, 2.45) is 0 Å². The molecule has 2 N–H and O–H groups in total. The van der Waals surface area contributed by atoms with Gasteiger partial charge in [-0.15, -0.1) is 0 Å². The highest BCUT2D eigenvalue weighted by Crippen LogP contribution is 2.15. The number of aliphatic hydroxyl groups excluding tert-OH is 1. The van der Waals surface area contributed by atoms with Gasteiger partial charge >= 0.3 is 0 Å². The molecule has 1 unspecified atom stereocenters. The molecule has 0 spiro atoms. The quantitative estimate of drug-likeness (QED) is 0.693. The number of unbranched alkanes of at least 4 members (excludes halogenated alkanes) is 2. The van der Waals surface area contributed by atoms with Crippen molar-refractivity contribution in [3.8, 4) is 0 Å². The van der Waals surface area contributed by atoms with Crippen LogP contribution in [-0.2, 0) is 0 Å². The molecule has 1 rings (SSSR count). The first-order valence-electron chi connectivity index (χ1n) is 6.64. The fourth-order valence-corrected chi connectivity index (χ4v) is 1.79. The summed E-state index contributed by atoms with van der Waals surface area (Å²) in [6.45, 7) is 3.39. The second-order valence-corrected chi connectivity index (χ2v) is 4.66. The molecule has 0 aliphatic rings. The Labute approximate surface area is 110 Å². The van der Waals surface area contributed by atoms with Crippen molar-refractivity contribution in [3.05, 3.63) is 24.0 Å². The molecule has 1 atom stereocenters. The van der Waals surface area contributed by atoms with Gasteiger partial charge in [-0.2, -0.15) is 0 Å². The highest BCUT2D eigenvalue weighted by molar-refractivity contribution is 5.43. The Bertz CT molecular complexity index is 326. The molecule has 0 bridgehead atoms. The van der Waals surface area contributed by atoms with Crippen LogP contribution < -0.4 is 10.2 Å². The van der Waals surface area contributed by atoms with Crippen LogP contribution in [0.4, 0.5) is 5.69 Å². The summed E-state index contributed by atoms with van der Waals surface area (Å²) in [5.74, 6) is 0. The number of aromatic nitrogens is 1. The molecule has 1 aromatic rings. The van der Waals surface area contributed by atoms with Gasteiger partial charge < -0.3 is 15.3 Å². The average Bonchev–Trinajstić information content (AvgIpc) is 2.42. The van der Waals surface area contributed by atoms with Crippen molar-refractivity contribution in [3.63, 3.8) is 0 Å². The number of anilines is 1. The summed E-state index contributed by atoms with van der Waals surface area (Å²) in [6, 6.07) is 4.47. The van der Waals surface area contributed by atoms with Gasteiger partial charge in [0.05, 0.1) is 17.6 Å². The molecule has 0 saturated carbocycles. The molecule has 1 heterocycles. The van der Waals surface area contributed by atoms with Gasteiger partial charge in [0.2, 0.25) is 0 Å². The second-order valence-electron chi connectivity index (χ2n) is 4.66. The van der Waals surface area contributed by atoms with Crippen molar-refractivity contribution >= 4 is 5.69 Å². The zero-order valence-corrected chi connectivity index (χ0v) is 11.7. The Morgan fingerprint density at radius 3 is 2.67 bits per heavy atom. The van der Waals surface area contributed by atoms with Gasteiger partial charge in [0.15, 0.2) is 0 Å². The van der Waals surface area contributed by atoms with E-state index >= 15 is 0 Å². The molecule has 4 nitrogen and oxygen atoms in total. The molecule has 4 heteroatoms. The van der Waals surface area contributed by atoms with Crippen LogP contribution in [0, 0.1) is 0 Å². The van der Waals surface area contributed by atoms with Gasteiger partial charge in [0.1, 0.15) is 0 Å². The number of hydrogen-bond donors (Lipinski definition) is 2. The SMILES string of the molecule is CNC(C)c1ccc(N(C)CCCCCO)cn1. The first-order chi connectivity index (χ1) is 8.69. The van der Waals surface area contributed by atoms with Gasteiger partial charge in [-0.05, 0) is 45.4 Å². The minimum Gasteiger partial charge on any atom is -0.396 e. The van der Waals surface area contributed by atoms with Crippen LogP contribution in [0.3, 0.4) is 0 Å². The number of nitrogens with one attached hydrogen (secondary N) is 1. The number of nitrogens with zero attached hydrogens (tertiary/aromatic N) is 2. The van der Waals surface area contributed by atoms with Crippen LogP contribution in [0.1, 0.15) is 37.9 Å². The van der Waals surface area contributed by atoms with Crippen molar-refractivity contribution < 1.29 is 5.11 Å². The van der Waals surface area contributed by atoms with Gasteiger partial charge in [-0.3, -0.25) is 4.98 Å². The van der Waals surface area contributed by atoms with Crippen molar-refractivity contribution in [2.75, 3.05) is 32.1 Å². The van der Waals surface area contributed by atoms with Gasteiger partial charge in [0.25, 0.3) is 0 Å². The molecule has 0 fully saturated rings. The molecule has 0 radical (unpaired) electrons. The van der Waals surface area contributed by atoms with Gasteiger partial charge in [0, 0.05) is 26.2 Å². The highest BCUT2D eigenvalue weighted by atomic mass is 16.2. The van der Waals surface area contributed by atoms with E-state index in [-0.39, 0.29) is 6.04 Å². The molecule has 0 aromatic carbocycles. The van der Waals surface area contributed by atoms with E-state index < -0.39 is 0 Å². The molecule has 0 aliphatic heterocycles. The van der Waals surface area contributed by atoms with Crippen molar-refractivity contribution in [1.82, 2.24) is 10.3 Å². The van der Waals surface area contributed by atoms with Crippen LogP contribution in [0.15, 0.2) is 18.3 Å². The lowest BCUT2D eigenvalue weighted by Gasteiger charge is -2.19. The van der Waals surface area contributed by atoms with E-state index in [2.05, 4.69) is 41.3 Å². The largest absolute Gasteiger partial charge is 0.396 e. The summed E-state index contributed by atoms with van der Waals surface area (Å²) < 4.78 is 0. The zero-order valence-electron chi connectivity index (χ0n) is 11.7. The molecule has 102 valence electrons. The van der Waals surface area contributed by atoms with E-state index in [0.717, 1.165) is 37.2 Å². The minimum absolute atomic E-state index is 0.286. The van der Waals surface area contributed by atoms with Crippen LogP contribution >= 0.6 is 0 Å². The highest BCUT2D eigenvalue weighted by Gasteiger charge is 2.05. The Kier molecular flexibility index (Phi) is 6.68. The molecule has 0 amide bonds. The Morgan fingerprint density at radius 1 is 1.33 bits per heavy atom. The van der Waals surface area contributed by atoms with Crippen molar-refractivity contribution in [1.29, 1.82) is 0 Å². The number of rotatable bonds is 8. The molecule has 1 aromatic heterocycles. The Morgan fingerprint density at radius 2 is 2.11 bits per heavy atom. The third kappa shape index (κ3) is 4.63. The van der Waals surface area contributed by atoms with Crippen molar-refractivity contribution in [2.45, 2.75) is 32.2 Å². The van der Waals surface area contributed by atoms with E-state index in [0.29, 0.717) is 6.61 Å². The molecule has 18 heavy (non-hydrogen) atoms. The summed E-state index contributed by atoms with van der Waals surface area (Å²) in [5.41, 5.74) is 2.21. The summed E-state index contributed by atoms with van der Waals surface area (Å²) >= 11 is 0.